The minimum atomic E-state index is -3.35. The molecule has 3 aromatic rings. The van der Waals surface area contributed by atoms with Gasteiger partial charge in [0.2, 0.25) is 15.9 Å². The highest BCUT2D eigenvalue weighted by atomic mass is 35.5. The molecule has 236 valence electrons. The third-order valence-electron chi connectivity index (χ3n) is 7.16. The number of halogens is 2. The normalized spacial score (nSPS) is 14.2. The van der Waals surface area contributed by atoms with Crippen LogP contribution in [0.5, 0.6) is 11.6 Å². The minimum Gasteiger partial charge on any atom is -0.439 e. The molecule has 0 atom stereocenters. The van der Waals surface area contributed by atoms with Gasteiger partial charge in [0.15, 0.2) is 0 Å². The van der Waals surface area contributed by atoms with Gasteiger partial charge < -0.3 is 20.7 Å². The summed E-state index contributed by atoms with van der Waals surface area (Å²) in [5.74, 6) is -0.849. The van der Waals surface area contributed by atoms with Crippen molar-refractivity contribution < 1.29 is 27.1 Å². The van der Waals surface area contributed by atoms with Crippen molar-refractivity contribution >= 4 is 44.9 Å². The summed E-state index contributed by atoms with van der Waals surface area (Å²) in [5, 5.41) is 2.73. The molecule has 44 heavy (non-hydrogen) atoms. The molecule has 1 aromatic heterocycles. The molecule has 11 nitrogen and oxygen atoms in total. The number of anilines is 2. The van der Waals surface area contributed by atoms with Crippen molar-refractivity contribution in [3.8, 4) is 11.6 Å². The number of hydrogen-bond donors (Lipinski definition) is 3. The van der Waals surface area contributed by atoms with E-state index in [9.17, 15) is 22.4 Å². The summed E-state index contributed by atoms with van der Waals surface area (Å²) in [4.78, 5) is 33.4. The summed E-state index contributed by atoms with van der Waals surface area (Å²) in [5.41, 5.74) is 6.50. The second kappa shape index (κ2) is 14.7. The predicted molar refractivity (Wildman–Crippen MR) is 168 cm³/mol. The van der Waals surface area contributed by atoms with Crippen molar-refractivity contribution in [1.29, 1.82) is 0 Å². The first-order valence-electron chi connectivity index (χ1n) is 14.2. The molecule has 1 fully saturated rings. The number of urea groups is 1. The average Bonchev–Trinajstić information content (AvgIpc) is 2.96. The molecule has 0 saturated carbocycles. The highest BCUT2D eigenvalue weighted by molar-refractivity contribution is 7.92. The first-order valence-corrected chi connectivity index (χ1v) is 16.5. The number of likely N-dealkylation sites (tertiary alicyclic amines) is 1. The molecule has 0 unspecified atom stereocenters. The number of aromatic nitrogens is 1. The Kier molecular flexibility index (Phi) is 11.0. The molecule has 2 aromatic carbocycles. The summed E-state index contributed by atoms with van der Waals surface area (Å²) in [6, 6.07) is 12.0. The zero-order valence-electron chi connectivity index (χ0n) is 24.6. The lowest BCUT2D eigenvalue weighted by Gasteiger charge is -2.38. The van der Waals surface area contributed by atoms with E-state index in [2.05, 4.69) is 19.9 Å². The lowest BCUT2D eigenvalue weighted by molar-refractivity contribution is 0.0996. The van der Waals surface area contributed by atoms with E-state index in [1.807, 2.05) is 13.0 Å². The van der Waals surface area contributed by atoms with Crippen LogP contribution in [0.15, 0.2) is 54.7 Å². The van der Waals surface area contributed by atoms with Gasteiger partial charge in [-0.15, -0.1) is 0 Å². The van der Waals surface area contributed by atoms with E-state index in [0.29, 0.717) is 30.4 Å². The zero-order valence-corrected chi connectivity index (χ0v) is 26.1. The Morgan fingerprint density at radius 1 is 1.16 bits per heavy atom. The number of primary amides is 1. The Bertz CT molecular complexity index is 1570. The van der Waals surface area contributed by atoms with Gasteiger partial charge >= 0.3 is 6.03 Å². The molecule has 0 radical (unpaired) electrons. The van der Waals surface area contributed by atoms with Gasteiger partial charge in [0.1, 0.15) is 11.6 Å². The fourth-order valence-corrected chi connectivity index (χ4v) is 5.70. The van der Waals surface area contributed by atoms with Crippen molar-refractivity contribution in [3.05, 3.63) is 76.7 Å². The van der Waals surface area contributed by atoms with Crippen molar-refractivity contribution in [2.24, 2.45) is 5.73 Å². The maximum Gasteiger partial charge on any atom is 0.322 e. The number of nitrogens with one attached hydrogen (secondary N) is 2. The molecule has 1 aliphatic rings. The van der Waals surface area contributed by atoms with Gasteiger partial charge in [0.25, 0.3) is 5.91 Å². The van der Waals surface area contributed by atoms with Crippen LogP contribution in [-0.2, 0) is 16.6 Å². The number of carbonyl (C=O) groups excluding carboxylic acids is 2. The van der Waals surface area contributed by atoms with E-state index in [0.717, 1.165) is 62.7 Å². The van der Waals surface area contributed by atoms with Crippen molar-refractivity contribution in [2.75, 3.05) is 35.9 Å². The molecule has 1 saturated heterocycles. The summed E-state index contributed by atoms with van der Waals surface area (Å²) in [6.07, 6.45) is 6.10. The van der Waals surface area contributed by atoms with E-state index in [1.165, 1.54) is 0 Å². The van der Waals surface area contributed by atoms with Gasteiger partial charge in [-0.3, -0.25) is 14.4 Å². The summed E-state index contributed by atoms with van der Waals surface area (Å²) >= 11 is 6.15. The molecule has 0 bridgehead atoms. The summed E-state index contributed by atoms with van der Waals surface area (Å²) in [7, 11) is -3.35. The third-order valence-corrected chi connectivity index (χ3v) is 8.08. The number of hydrogen-bond acceptors (Lipinski definition) is 7. The molecule has 3 amide bonds. The highest BCUT2D eigenvalue weighted by Gasteiger charge is 2.28. The number of rotatable bonds is 12. The topological polar surface area (TPSA) is 147 Å². The molecule has 2 heterocycles. The van der Waals surface area contributed by atoms with E-state index in [4.69, 9.17) is 22.1 Å². The quantitative estimate of drug-likeness (QED) is 0.238. The van der Waals surface area contributed by atoms with Crippen LogP contribution in [0.1, 0.15) is 48.5 Å². The van der Waals surface area contributed by atoms with E-state index >= 15 is 0 Å². The molecule has 14 heteroatoms. The van der Waals surface area contributed by atoms with Crippen LogP contribution < -0.4 is 20.5 Å². The maximum atomic E-state index is 14.0. The van der Waals surface area contributed by atoms with E-state index < -0.39 is 21.7 Å². The van der Waals surface area contributed by atoms with Crippen molar-refractivity contribution in [2.45, 2.75) is 45.2 Å². The molecular weight excluding hydrogens is 611 g/mol. The standard InChI is InChI=1S/C30H36ClFN6O5S/c1-3-4-13-38(30(40)35-27-16-24(29(33)39)26(32)17-25(27)31)22-11-14-37(15-12-22)19-20-5-10-28(34-18-20)43-23-8-6-21(7-9-23)36-44(2,41)42/h5-10,16-18,22,36H,3-4,11-15,19H2,1-2H3,(H2,33,39)(H,35,40). The van der Waals surface area contributed by atoms with Crippen LogP contribution in [0.4, 0.5) is 20.6 Å². The third kappa shape index (κ3) is 9.28. The first-order chi connectivity index (χ1) is 20.9. The van der Waals surface area contributed by atoms with Crippen LogP contribution >= 0.6 is 11.6 Å². The van der Waals surface area contributed by atoms with Crippen LogP contribution in [0.3, 0.4) is 0 Å². The van der Waals surface area contributed by atoms with Gasteiger partial charge in [-0.1, -0.05) is 31.0 Å². The van der Waals surface area contributed by atoms with Crippen LogP contribution in [0, 0.1) is 5.82 Å². The zero-order chi connectivity index (χ0) is 31.9. The lowest BCUT2D eigenvalue weighted by atomic mass is 10.0. The Labute approximate surface area is 261 Å². The van der Waals surface area contributed by atoms with Crippen LogP contribution in [0.2, 0.25) is 5.02 Å². The number of nitrogens with two attached hydrogens (primary N) is 1. The van der Waals surface area contributed by atoms with Crippen molar-refractivity contribution in [1.82, 2.24) is 14.8 Å². The van der Waals surface area contributed by atoms with Gasteiger partial charge in [-0.05, 0) is 61.2 Å². The van der Waals surface area contributed by atoms with Gasteiger partial charge in [0.05, 0.1) is 22.5 Å². The number of pyridine rings is 1. The van der Waals surface area contributed by atoms with Crippen molar-refractivity contribution in [3.63, 3.8) is 0 Å². The van der Waals surface area contributed by atoms with Gasteiger partial charge in [-0.25, -0.2) is 22.6 Å². The minimum absolute atomic E-state index is 0.000517. The molecule has 1 aliphatic heterocycles. The Morgan fingerprint density at radius 3 is 2.45 bits per heavy atom. The number of carbonyl (C=O) groups is 2. The second-order valence-electron chi connectivity index (χ2n) is 10.7. The monoisotopic (exact) mass is 646 g/mol. The fraction of sp³-hybridized carbons (Fsp3) is 0.367. The van der Waals surface area contributed by atoms with E-state index in [-0.39, 0.29) is 28.3 Å². The Morgan fingerprint density at radius 2 is 1.86 bits per heavy atom. The molecule has 0 aliphatic carbocycles. The number of benzene rings is 2. The second-order valence-corrected chi connectivity index (χ2v) is 12.8. The number of nitrogens with zero attached hydrogens (tertiary/aromatic N) is 3. The summed E-state index contributed by atoms with van der Waals surface area (Å²) in [6.45, 7) is 4.84. The molecule has 0 spiro atoms. The van der Waals surface area contributed by atoms with Crippen LogP contribution in [-0.4, -0.2) is 67.1 Å². The Hall–Kier alpha value is -3.94. The van der Waals surface area contributed by atoms with Crippen LogP contribution in [0.25, 0.3) is 0 Å². The maximum absolute atomic E-state index is 14.0. The Balaban J connectivity index is 1.31. The average molecular weight is 647 g/mol. The summed E-state index contributed by atoms with van der Waals surface area (Å²) < 4.78 is 45.0. The largest absolute Gasteiger partial charge is 0.439 e. The fourth-order valence-electron chi connectivity index (χ4n) is 4.94. The predicted octanol–water partition coefficient (Wildman–Crippen LogP) is 5.44. The van der Waals surface area contributed by atoms with E-state index in [1.54, 1.807) is 41.4 Å². The SMILES string of the molecule is CCCCN(C(=O)Nc1cc(C(N)=O)c(F)cc1Cl)C1CCN(Cc2ccc(Oc3ccc(NS(C)(=O)=O)cc3)nc2)CC1. The van der Waals surface area contributed by atoms with Gasteiger partial charge in [0, 0.05) is 50.2 Å². The first kappa shape index (κ1) is 33.0. The highest BCUT2D eigenvalue weighted by Crippen LogP contribution is 2.28. The number of piperidine rings is 1. The van der Waals surface area contributed by atoms with Gasteiger partial charge in [-0.2, -0.15) is 0 Å². The molecule has 4 rings (SSSR count). The number of unbranched alkanes of at least 4 members (excludes halogenated alkanes) is 1. The smallest absolute Gasteiger partial charge is 0.322 e. The molecule has 4 N–H and O–H groups in total. The number of ether oxygens (including phenoxy) is 1. The number of sulfonamides is 1. The number of amides is 3. The molecular formula is C30H36ClFN6O5S. The lowest BCUT2D eigenvalue weighted by Crippen LogP contribution is -2.49.